The van der Waals surface area contributed by atoms with Gasteiger partial charge in [-0.15, -0.1) is 0 Å². The van der Waals surface area contributed by atoms with Crippen LogP contribution in [0.3, 0.4) is 0 Å². The molecule has 0 bridgehead atoms. The standard InChI is InChI=1S/C22H23FN4O/c1-15-4-2-5-17(12-15)22(28)24-19-6-3-11-27(14-19)21-13-20(25-26-21)16-7-9-18(23)10-8-16/h2,4-5,7-10,12-13,19H,3,6,11,14H2,1H3,(H,24,28)(H,25,26)/t19-/m0/s1. The summed E-state index contributed by atoms with van der Waals surface area (Å²) >= 11 is 0. The van der Waals surface area contributed by atoms with E-state index in [0.29, 0.717) is 12.1 Å². The van der Waals surface area contributed by atoms with Crippen molar-refractivity contribution in [2.45, 2.75) is 25.8 Å². The van der Waals surface area contributed by atoms with Crippen molar-refractivity contribution in [3.63, 3.8) is 0 Å². The zero-order valence-corrected chi connectivity index (χ0v) is 15.8. The highest BCUT2D eigenvalue weighted by atomic mass is 19.1. The van der Waals surface area contributed by atoms with E-state index in [1.807, 2.05) is 37.3 Å². The van der Waals surface area contributed by atoms with Gasteiger partial charge in [-0.05, 0) is 61.7 Å². The minimum atomic E-state index is -0.258. The van der Waals surface area contributed by atoms with Gasteiger partial charge in [0.15, 0.2) is 5.82 Å². The molecule has 2 heterocycles. The Balaban J connectivity index is 1.42. The maximum atomic E-state index is 13.1. The lowest BCUT2D eigenvalue weighted by Crippen LogP contribution is -2.48. The Bertz CT molecular complexity index is 967. The number of anilines is 1. The molecule has 1 aliphatic rings. The van der Waals surface area contributed by atoms with Crippen LogP contribution in [0.15, 0.2) is 54.6 Å². The van der Waals surface area contributed by atoms with Crippen LogP contribution in [0.4, 0.5) is 10.2 Å². The Hall–Kier alpha value is -3.15. The van der Waals surface area contributed by atoms with Crippen LogP contribution in [0.1, 0.15) is 28.8 Å². The minimum absolute atomic E-state index is 0.0374. The number of carbonyl (C=O) groups is 1. The first-order chi connectivity index (χ1) is 13.6. The van der Waals surface area contributed by atoms with Crippen LogP contribution in [0.5, 0.6) is 0 Å². The summed E-state index contributed by atoms with van der Waals surface area (Å²) in [7, 11) is 0. The number of piperidine rings is 1. The number of amides is 1. The van der Waals surface area contributed by atoms with Crippen molar-refractivity contribution < 1.29 is 9.18 Å². The fraction of sp³-hybridized carbons (Fsp3) is 0.273. The van der Waals surface area contributed by atoms with Crippen molar-refractivity contribution in [1.82, 2.24) is 15.5 Å². The zero-order chi connectivity index (χ0) is 19.5. The van der Waals surface area contributed by atoms with Crippen molar-refractivity contribution in [3.05, 3.63) is 71.5 Å². The van der Waals surface area contributed by atoms with Gasteiger partial charge in [0.05, 0.1) is 5.69 Å². The van der Waals surface area contributed by atoms with Crippen molar-refractivity contribution in [2.24, 2.45) is 0 Å². The van der Waals surface area contributed by atoms with Gasteiger partial charge in [-0.1, -0.05) is 17.7 Å². The summed E-state index contributed by atoms with van der Waals surface area (Å²) in [6.45, 7) is 3.59. The number of carbonyl (C=O) groups excluding carboxylic acids is 1. The Kier molecular flexibility index (Phi) is 5.10. The van der Waals surface area contributed by atoms with E-state index in [1.165, 1.54) is 12.1 Å². The molecule has 1 fully saturated rings. The van der Waals surface area contributed by atoms with E-state index in [-0.39, 0.29) is 17.8 Å². The SMILES string of the molecule is Cc1cccc(C(=O)N[C@H]2CCCN(c3cc(-c4ccc(F)cc4)[nH]n3)C2)c1. The van der Waals surface area contributed by atoms with Gasteiger partial charge < -0.3 is 10.2 Å². The quantitative estimate of drug-likeness (QED) is 0.723. The van der Waals surface area contributed by atoms with Crippen LogP contribution in [-0.2, 0) is 0 Å². The van der Waals surface area contributed by atoms with Gasteiger partial charge in [0.2, 0.25) is 0 Å². The van der Waals surface area contributed by atoms with Gasteiger partial charge in [0, 0.05) is 30.8 Å². The fourth-order valence-corrected chi connectivity index (χ4v) is 3.61. The van der Waals surface area contributed by atoms with Crippen LogP contribution in [-0.4, -0.2) is 35.2 Å². The summed E-state index contributed by atoms with van der Waals surface area (Å²) < 4.78 is 13.1. The second-order valence-electron chi connectivity index (χ2n) is 7.27. The molecule has 0 spiro atoms. The molecule has 1 aromatic heterocycles. The van der Waals surface area contributed by atoms with Crippen LogP contribution in [0, 0.1) is 12.7 Å². The van der Waals surface area contributed by atoms with Crippen LogP contribution < -0.4 is 10.2 Å². The van der Waals surface area contributed by atoms with E-state index in [2.05, 4.69) is 20.4 Å². The molecule has 0 saturated carbocycles. The third-order valence-corrected chi connectivity index (χ3v) is 5.08. The molecule has 1 amide bonds. The topological polar surface area (TPSA) is 61.0 Å². The largest absolute Gasteiger partial charge is 0.353 e. The Labute approximate surface area is 163 Å². The number of aromatic nitrogens is 2. The van der Waals surface area contributed by atoms with Gasteiger partial charge in [0.25, 0.3) is 5.91 Å². The highest BCUT2D eigenvalue weighted by Gasteiger charge is 2.23. The van der Waals surface area contributed by atoms with E-state index in [4.69, 9.17) is 0 Å². The Morgan fingerprint density at radius 3 is 2.82 bits per heavy atom. The molecule has 144 valence electrons. The Morgan fingerprint density at radius 2 is 2.04 bits per heavy atom. The first kappa shape index (κ1) is 18.2. The average Bonchev–Trinajstić information content (AvgIpc) is 3.19. The molecule has 4 rings (SSSR count). The van der Waals surface area contributed by atoms with Crippen molar-refractivity contribution in [2.75, 3.05) is 18.0 Å². The lowest BCUT2D eigenvalue weighted by Gasteiger charge is -2.33. The second kappa shape index (κ2) is 7.84. The summed E-state index contributed by atoms with van der Waals surface area (Å²) in [5, 5.41) is 10.6. The minimum Gasteiger partial charge on any atom is -0.353 e. The molecular weight excluding hydrogens is 355 g/mol. The fourth-order valence-electron chi connectivity index (χ4n) is 3.61. The first-order valence-electron chi connectivity index (χ1n) is 9.52. The molecule has 1 atom stereocenters. The summed E-state index contributed by atoms with van der Waals surface area (Å²) in [4.78, 5) is 14.7. The number of benzene rings is 2. The lowest BCUT2D eigenvalue weighted by molar-refractivity contribution is 0.0933. The van der Waals surface area contributed by atoms with E-state index < -0.39 is 0 Å². The number of nitrogens with one attached hydrogen (secondary N) is 2. The molecule has 5 nitrogen and oxygen atoms in total. The predicted molar refractivity (Wildman–Crippen MR) is 108 cm³/mol. The molecule has 2 N–H and O–H groups in total. The number of H-pyrrole nitrogens is 1. The van der Waals surface area contributed by atoms with E-state index >= 15 is 0 Å². The van der Waals surface area contributed by atoms with Crippen molar-refractivity contribution in [3.8, 4) is 11.3 Å². The lowest BCUT2D eigenvalue weighted by atomic mass is 10.0. The molecular formula is C22H23FN4O. The highest BCUT2D eigenvalue weighted by Crippen LogP contribution is 2.24. The maximum absolute atomic E-state index is 13.1. The molecule has 6 heteroatoms. The van der Waals surface area contributed by atoms with Gasteiger partial charge in [0.1, 0.15) is 5.82 Å². The molecule has 2 aromatic carbocycles. The summed E-state index contributed by atoms with van der Waals surface area (Å²) in [5.74, 6) is 0.546. The molecule has 3 aromatic rings. The summed E-state index contributed by atoms with van der Waals surface area (Å²) in [5.41, 5.74) is 3.50. The molecule has 0 radical (unpaired) electrons. The van der Waals surface area contributed by atoms with E-state index in [1.54, 1.807) is 12.1 Å². The van der Waals surface area contributed by atoms with Gasteiger partial charge in [-0.25, -0.2) is 4.39 Å². The molecule has 0 aliphatic carbocycles. The third kappa shape index (κ3) is 4.06. The second-order valence-corrected chi connectivity index (χ2v) is 7.27. The number of hydrogen-bond acceptors (Lipinski definition) is 3. The van der Waals surface area contributed by atoms with Crippen molar-refractivity contribution >= 4 is 11.7 Å². The molecule has 0 unspecified atom stereocenters. The maximum Gasteiger partial charge on any atom is 0.251 e. The van der Waals surface area contributed by atoms with E-state index in [0.717, 1.165) is 42.0 Å². The average molecular weight is 378 g/mol. The van der Waals surface area contributed by atoms with Crippen LogP contribution in [0.25, 0.3) is 11.3 Å². The van der Waals surface area contributed by atoms with Crippen LogP contribution >= 0.6 is 0 Å². The molecule has 28 heavy (non-hydrogen) atoms. The number of hydrogen-bond donors (Lipinski definition) is 2. The first-order valence-corrected chi connectivity index (χ1v) is 9.52. The van der Waals surface area contributed by atoms with Gasteiger partial charge in [-0.2, -0.15) is 5.10 Å². The van der Waals surface area contributed by atoms with Gasteiger partial charge in [-0.3, -0.25) is 9.89 Å². The number of nitrogens with zero attached hydrogens (tertiary/aromatic N) is 2. The smallest absolute Gasteiger partial charge is 0.251 e. The van der Waals surface area contributed by atoms with Crippen LogP contribution in [0.2, 0.25) is 0 Å². The van der Waals surface area contributed by atoms with E-state index in [9.17, 15) is 9.18 Å². The number of halogens is 1. The number of rotatable bonds is 4. The molecule has 1 saturated heterocycles. The predicted octanol–water partition coefficient (Wildman–Crippen LogP) is 3.92. The number of aromatic amines is 1. The third-order valence-electron chi connectivity index (χ3n) is 5.08. The van der Waals surface area contributed by atoms with Gasteiger partial charge >= 0.3 is 0 Å². The zero-order valence-electron chi connectivity index (χ0n) is 15.8. The Morgan fingerprint density at radius 1 is 1.21 bits per heavy atom. The number of aryl methyl sites for hydroxylation is 1. The summed E-state index contributed by atoms with van der Waals surface area (Å²) in [6, 6.07) is 16.0. The van der Waals surface area contributed by atoms with Crippen molar-refractivity contribution in [1.29, 1.82) is 0 Å². The monoisotopic (exact) mass is 378 g/mol. The molecule has 1 aliphatic heterocycles. The highest BCUT2D eigenvalue weighted by molar-refractivity contribution is 5.94. The normalized spacial score (nSPS) is 16.8. The summed E-state index contributed by atoms with van der Waals surface area (Å²) in [6.07, 6.45) is 1.93.